The quantitative estimate of drug-likeness (QED) is 0.832. The number of ether oxygens (including phenoxy) is 2. The molecule has 19 heavy (non-hydrogen) atoms. The zero-order chi connectivity index (χ0) is 13.2. The van der Waals surface area contributed by atoms with Crippen LogP contribution in [0.1, 0.15) is 31.2 Å². The van der Waals surface area contributed by atoms with E-state index in [1.165, 1.54) is 31.5 Å². The van der Waals surface area contributed by atoms with Crippen LogP contribution >= 0.6 is 0 Å². The molecular weight excluding hydrogens is 238 g/mol. The Morgan fingerprint density at radius 1 is 1.37 bits per heavy atom. The number of benzene rings is 1. The van der Waals surface area contributed by atoms with Gasteiger partial charge in [-0.15, -0.1) is 0 Å². The molecule has 104 valence electrons. The van der Waals surface area contributed by atoms with Gasteiger partial charge in [0.15, 0.2) is 0 Å². The maximum atomic E-state index is 5.93. The van der Waals surface area contributed by atoms with E-state index in [-0.39, 0.29) is 0 Å². The lowest BCUT2D eigenvalue weighted by molar-refractivity contribution is 0.209. The van der Waals surface area contributed by atoms with Crippen molar-refractivity contribution >= 4 is 0 Å². The van der Waals surface area contributed by atoms with Crippen molar-refractivity contribution in [3.05, 3.63) is 23.8 Å². The van der Waals surface area contributed by atoms with E-state index in [4.69, 9.17) is 9.47 Å². The molecule has 1 aromatic rings. The van der Waals surface area contributed by atoms with E-state index in [9.17, 15) is 0 Å². The predicted octanol–water partition coefficient (Wildman–Crippen LogP) is 2.90. The minimum absolute atomic E-state index is 0.580. The van der Waals surface area contributed by atoms with Crippen LogP contribution in [0.5, 0.6) is 11.5 Å². The van der Waals surface area contributed by atoms with Gasteiger partial charge in [0.1, 0.15) is 11.5 Å². The SMILES string of the molecule is CCCCN1C[C@@H]2COc3cccc(OC)c3[C@@H]2C1. The first-order valence-electron chi connectivity index (χ1n) is 7.35. The fraction of sp³-hybridized carbons (Fsp3) is 0.625. The van der Waals surface area contributed by atoms with Gasteiger partial charge in [0, 0.05) is 30.5 Å². The molecule has 2 atom stereocenters. The molecule has 1 aromatic carbocycles. The molecule has 2 aliphatic heterocycles. The van der Waals surface area contributed by atoms with E-state index in [0.717, 1.165) is 24.7 Å². The van der Waals surface area contributed by atoms with Crippen molar-refractivity contribution in [3.63, 3.8) is 0 Å². The van der Waals surface area contributed by atoms with Crippen LogP contribution in [0.2, 0.25) is 0 Å². The highest BCUT2D eigenvalue weighted by Crippen LogP contribution is 2.45. The minimum Gasteiger partial charge on any atom is -0.496 e. The number of methoxy groups -OCH3 is 1. The Balaban J connectivity index is 1.84. The lowest BCUT2D eigenvalue weighted by Crippen LogP contribution is -2.25. The van der Waals surface area contributed by atoms with Gasteiger partial charge in [-0.3, -0.25) is 0 Å². The second-order valence-electron chi connectivity index (χ2n) is 5.66. The van der Waals surface area contributed by atoms with Crippen molar-refractivity contribution in [2.24, 2.45) is 5.92 Å². The van der Waals surface area contributed by atoms with Gasteiger partial charge < -0.3 is 14.4 Å². The second kappa shape index (κ2) is 5.41. The van der Waals surface area contributed by atoms with Crippen LogP contribution in [0.15, 0.2) is 18.2 Å². The highest BCUT2D eigenvalue weighted by atomic mass is 16.5. The average Bonchev–Trinajstić information content (AvgIpc) is 2.87. The van der Waals surface area contributed by atoms with Crippen molar-refractivity contribution in [2.45, 2.75) is 25.7 Å². The monoisotopic (exact) mass is 261 g/mol. The second-order valence-corrected chi connectivity index (χ2v) is 5.66. The fourth-order valence-electron chi connectivity index (χ4n) is 3.41. The Labute approximate surface area is 115 Å². The highest BCUT2D eigenvalue weighted by molar-refractivity contribution is 5.49. The van der Waals surface area contributed by atoms with Crippen LogP contribution in [0, 0.1) is 5.92 Å². The number of rotatable bonds is 4. The number of likely N-dealkylation sites (tertiary alicyclic amines) is 1. The first kappa shape index (κ1) is 12.8. The molecule has 0 unspecified atom stereocenters. The van der Waals surface area contributed by atoms with E-state index < -0.39 is 0 Å². The van der Waals surface area contributed by atoms with Crippen LogP contribution in [-0.2, 0) is 0 Å². The lowest BCUT2D eigenvalue weighted by atomic mass is 9.86. The summed E-state index contributed by atoms with van der Waals surface area (Å²) in [6.45, 7) is 6.65. The third kappa shape index (κ3) is 2.32. The summed E-state index contributed by atoms with van der Waals surface area (Å²) in [6.07, 6.45) is 2.56. The van der Waals surface area contributed by atoms with Crippen LogP contribution in [0.3, 0.4) is 0 Å². The zero-order valence-electron chi connectivity index (χ0n) is 11.9. The summed E-state index contributed by atoms with van der Waals surface area (Å²) in [5, 5.41) is 0. The molecule has 0 radical (unpaired) electrons. The number of fused-ring (bicyclic) bond motifs is 3. The predicted molar refractivity (Wildman–Crippen MR) is 76.1 cm³/mol. The molecule has 2 heterocycles. The first-order chi connectivity index (χ1) is 9.33. The van der Waals surface area contributed by atoms with Crippen LogP contribution < -0.4 is 9.47 Å². The molecule has 3 rings (SSSR count). The van der Waals surface area contributed by atoms with Gasteiger partial charge in [-0.05, 0) is 25.1 Å². The number of unbranched alkanes of at least 4 members (excludes halogenated alkanes) is 1. The molecule has 1 fully saturated rings. The molecule has 0 aliphatic carbocycles. The number of hydrogen-bond donors (Lipinski definition) is 0. The summed E-state index contributed by atoms with van der Waals surface area (Å²) in [5.41, 5.74) is 1.29. The van der Waals surface area contributed by atoms with Crippen molar-refractivity contribution in [1.29, 1.82) is 0 Å². The summed E-state index contributed by atoms with van der Waals surface area (Å²) >= 11 is 0. The van der Waals surface area contributed by atoms with Crippen LogP contribution in [-0.4, -0.2) is 38.3 Å². The van der Waals surface area contributed by atoms with E-state index in [2.05, 4.69) is 24.0 Å². The van der Waals surface area contributed by atoms with Gasteiger partial charge >= 0.3 is 0 Å². The molecular formula is C16H23NO2. The van der Waals surface area contributed by atoms with E-state index in [1.807, 2.05) is 6.07 Å². The highest BCUT2D eigenvalue weighted by Gasteiger charge is 2.40. The van der Waals surface area contributed by atoms with Gasteiger partial charge in [0.25, 0.3) is 0 Å². The average molecular weight is 261 g/mol. The molecule has 0 amide bonds. The Bertz CT molecular complexity index is 432. The third-order valence-electron chi connectivity index (χ3n) is 4.41. The number of nitrogens with zero attached hydrogens (tertiary/aromatic N) is 1. The topological polar surface area (TPSA) is 21.7 Å². The maximum absolute atomic E-state index is 5.93. The molecule has 0 bridgehead atoms. The zero-order valence-corrected chi connectivity index (χ0v) is 11.9. The summed E-state index contributed by atoms with van der Waals surface area (Å²) in [5.74, 6) is 3.22. The summed E-state index contributed by atoms with van der Waals surface area (Å²) in [7, 11) is 1.75. The summed E-state index contributed by atoms with van der Waals surface area (Å²) in [6, 6.07) is 6.14. The van der Waals surface area contributed by atoms with Gasteiger partial charge in [0.05, 0.1) is 13.7 Å². The van der Waals surface area contributed by atoms with Gasteiger partial charge in [0.2, 0.25) is 0 Å². The Morgan fingerprint density at radius 3 is 3.05 bits per heavy atom. The lowest BCUT2D eigenvalue weighted by Gasteiger charge is -2.29. The fourth-order valence-corrected chi connectivity index (χ4v) is 3.41. The minimum atomic E-state index is 0.580. The van der Waals surface area contributed by atoms with Gasteiger partial charge in [-0.2, -0.15) is 0 Å². The first-order valence-corrected chi connectivity index (χ1v) is 7.35. The molecule has 3 nitrogen and oxygen atoms in total. The van der Waals surface area contributed by atoms with E-state index in [0.29, 0.717) is 11.8 Å². The third-order valence-corrected chi connectivity index (χ3v) is 4.41. The molecule has 0 saturated carbocycles. The smallest absolute Gasteiger partial charge is 0.126 e. The van der Waals surface area contributed by atoms with Gasteiger partial charge in [-0.1, -0.05) is 19.4 Å². The largest absolute Gasteiger partial charge is 0.496 e. The summed E-state index contributed by atoms with van der Waals surface area (Å²) in [4.78, 5) is 2.59. The van der Waals surface area contributed by atoms with Crippen LogP contribution in [0.25, 0.3) is 0 Å². The molecule has 1 saturated heterocycles. The number of hydrogen-bond acceptors (Lipinski definition) is 3. The van der Waals surface area contributed by atoms with Crippen molar-refractivity contribution in [3.8, 4) is 11.5 Å². The van der Waals surface area contributed by atoms with Crippen LogP contribution in [0.4, 0.5) is 0 Å². The molecule has 2 aliphatic rings. The standard InChI is InChI=1S/C16H23NO2/c1-3-4-8-17-9-12-11-19-15-7-5-6-14(18-2)16(15)13(12)10-17/h5-7,12-13H,3-4,8-11H2,1-2H3/t12-,13-/m1/s1. The molecule has 0 aromatic heterocycles. The van der Waals surface area contributed by atoms with Crippen molar-refractivity contribution in [1.82, 2.24) is 4.90 Å². The Morgan fingerprint density at radius 2 is 2.26 bits per heavy atom. The van der Waals surface area contributed by atoms with E-state index >= 15 is 0 Å². The molecule has 0 spiro atoms. The Kier molecular flexibility index (Phi) is 3.65. The Hall–Kier alpha value is -1.22. The normalized spacial score (nSPS) is 25.6. The molecule has 0 N–H and O–H groups in total. The van der Waals surface area contributed by atoms with E-state index in [1.54, 1.807) is 7.11 Å². The maximum Gasteiger partial charge on any atom is 0.126 e. The van der Waals surface area contributed by atoms with Crippen molar-refractivity contribution < 1.29 is 9.47 Å². The van der Waals surface area contributed by atoms with Gasteiger partial charge in [-0.25, -0.2) is 0 Å². The molecule has 3 heteroatoms. The summed E-state index contributed by atoms with van der Waals surface area (Å²) < 4.78 is 11.5. The van der Waals surface area contributed by atoms with Crippen molar-refractivity contribution in [2.75, 3.05) is 33.4 Å².